The number of hydrogen-bond donors (Lipinski definition) is 1. The van der Waals surface area contributed by atoms with Crippen LogP contribution in [0.3, 0.4) is 0 Å². The van der Waals surface area contributed by atoms with Crippen LogP contribution in [-0.4, -0.2) is 15.7 Å². The molecule has 1 amide bonds. The van der Waals surface area contributed by atoms with Gasteiger partial charge >= 0.3 is 0 Å². The van der Waals surface area contributed by atoms with Crippen LogP contribution < -0.4 is 5.32 Å². The van der Waals surface area contributed by atoms with E-state index < -0.39 is 0 Å². The van der Waals surface area contributed by atoms with Gasteiger partial charge in [0.15, 0.2) is 0 Å². The Bertz CT molecular complexity index is 375. The van der Waals surface area contributed by atoms with Crippen molar-refractivity contribution in [1.29, 1.82) is 0 Å². The first-order valence-electron chi connectivity index (χ1n) is 6.43. The van der Waals surface area contributed by atoms with E-state index in [1.54, 1.807) is 4.68 Å². The summed E-state index contributed by atoms with van der Waals surface area (Å²) in [5, 5.41) is 7.12. The van der Waals surface area contributed by atoms with E-state index in [-0.39, 0.29) is 13.3 Å². The molecule has 1 aliphatic rings. The molecule has 1 aromatic heterocycles. The summed E-state index contributed by atoms with van der Waals surface area (Å²) < 4.78 is 1.73. The van der Waals surface area contributed by atoms with E-state index in [0.717, 1.165) is 17.9 Å². The Labute approximate surface area is 106 Å². The predicted octanol–water partition coefficient (Wildman–Crippen LogP) is 3.16. The molecule has 1 atom stereocenters. The standard InChI is InChI=1S/C9H13N3O.2C2H6.H2/c1-5-4-7-6(2)11-12(3)8(7)10-9(5)13;2*1-2;/h5H,4H2,1-3H3,(H,10,13);2*1-2H3;1H. The zero-order chi connectivity index (χ0) is 13.6. The van der Waals surface area contributed by atoms with Crippen LogP contribution in [0.15, 0.2) is 0 Å². The van der Waals surface area contributed by atoms with Gasteiger partial charge in [0.1, 0.15) is 5.82 Å². The van der Waals surface area contributed by atoms with Crippen LogP contribution in [0.4, 0.5) is 5.82 Å². The molecule has 0 saturated heterocycles. The van der Waals surface area contributed by atoms with Crippen molar-refractivity contribution >= 4 is 11.7 Å². The molecule has 0 aliphatic carbocycles. The molecule has 4 heteroatoms. The second kappa shape index (κ2) is 7.09. The molecule has 0 saturated carbocycles. The number of carbonyl (C=O) groups excluding carboxylic acids is 1. The van der Waals surface area contributed by atoms with Crippen LogP contribution in [0.5, 0.6) is 0 Å². The monoisotopic (exact) mass is 241 g/mol. The average Bonchev–Trinajstić information content (AvgIpc) is 2.61. The SMILES string of the molecule is CC.CC.Cc1nn(C)c2c1CC(C)C(=O)N2.[HH]. The van der Waals surface area contributed by atoms with Gasteiger partial charge in [-0.05, 0) is 13.3 Å². The molecule has 0 bridgehead atoms. The van der Waals surface area contributed by atoms with Gasteiger partial charge in [0.05, 0.1) is 5.69 Å². The summed E-state index contributed by atoms with van der Waals surface area (Å²) in [5.41, 5.74) is 2.19. The number of aromatic nitrogens is 2. The number of hydrogen-bond acceptors (Lipinski definition) is 2. The normalized spacial score (nSPS) is 16.9. The molecule has 0 aromatic carbocycles. The van der Waals surface area contributed by atoms with Crippen molar-refractivity contribution in [2.24, 2.45) is 13.0 Å². The maximum absolute atomic E-state index is 11.4. The third kappa shape index (κ3) is 3.32. The van der Waals surface area contributed by atoms with Crippen molar-refractivity contribution in [3.05, 3.63) is 11.3 Å². The molecule has 2 rings (SSSR count). The van der Waals surface area contributed by atoms with Gasteiger partial charge in [-0.2, -0.15) is 5.10 Å². The Morgan fingerprint density at radius 3 is 2.41 bits per heavy atom. The summed E-state index contributed by atoms with van der Waals surface area (Å²) >= 11 is 0. The number of carbonyl (C=O) groups is 1. The topological polar surface area (TPSA) is 46.9 Å². The van der Waals surface area contributed by atoms with Gasteiger partial charge in [-0.1, -0.05) is 34.6 Å². The second-order valence-electron chi connectivity index (χ2n) is 3.63. The van der Waals surface area contributed by atoms with Crippen molar-refractivity contribution in [3.8, 4) is 0 Å². The summed E-state index contributed by atoms with van der Waals surface area (Å²) in [6, 6.07) is 0. The van der Waals surface area contributed by atoms with Crippen LogP contribution in [0, 0.1) is 12.8 Å². The third-order valence-corrected chi connectivity index (χ3v) is 2.55. The lowest BCUT2D eigenvalue weighted by molar-refractivity contribution is -0.119. The molecule has 1 N–H and O–H groups in total. The molecule has 1 aromatic rings. The lowest BCUT2D eigenvalue weighted by atomic mass is 9.97. The predicted molar refractivity (Wildman–Crippen MR) is 74.3 cm³/mol. The van der Waals surface area contributed by atoms with Crippen molar-refractivity contribution in [1.82, 2.24) is 9.78 Å². The molecule has 4 nitrogen and oxygen atoms in total. The fraction of sp³-hybridized carbons (Fsp3) is 0.692. The van der Waals surface area contributed by atoms with Crippen molar-refractivity contribution in [3.63, 3.8) is 0 Å². The minimum absolute atomic E-state index is 0. The summed E-state index contributed by atoms with van der Waals surface area (Å²) in [5.74, 6) is 1.02. The molecular weight excluding hydrogens is 214 g/mol. The Morgan fingerprint density at radius 1 is 1.35 bits per heavy atom. The van der Waals surface area contributed by atoms with Gasteiger partial charge in [-0.3, -0.25) is 9.48 Å². The van der Waals surface area contributed by atoms with E-state index in [1.807, 2.05) is 48.6 Å². The summed E-state index contributed by atoms with van der Waals surface area (Å²) in [6.45, 7) is 11.9. The molecule has 17 heavy (non-hydrogen) atoms. The zero-order valence-corrected chi connectivity index (χ0v) is 12.1. The van der Waals surface area contributed by atoms with Crippen LogP contribution in [-0.2, 0) is 18.3 Å². The first-order valence-corrected chi connectivity index (χ1v) is 6.43. The quantitative estimate of drug-likeness (QED) is 0.758. The smallest absolute Gasteiger partial charge is 0.228 e. The molecule has 0 radical (unpaired) electrons. The first kappa shape index (κ1) is 15.7. The number of fused-ring (bicyclic) bond motifs is 1. The molecule has 0 fully saturated rings. The van der Waals surface area contributed by atoms with Gasteiger partial charge < -0.3 is 5.32 Å². The van der Waals surface area contributed by atoms with Crippen molar-refractivity contribution < 1.29 is 6.22 Å². The Hall–Kier alpha value is -1.32. The van der Waals surface area contributed by atoms with E-state index in [9.17, 15) is 4.79 Å². The molecule has 0 spiro atoms. The fourth-order valence-electron chi connectivity index (χ4n) is 1.74. The molecule has 1 unspecified atom stereocenters. The minimum atomic E-state index is 0. The van der Waals surface area contributed by atoms with Crippen LogP contribution in [0.1, 0.15) is 47.3 Å². The summed E-state index contributed by atoms with van der Waals surface area (Å²) in [7, 11) is 1.85. The van der Waals surface area contributed by atoms with Gasteiger partial charge in [0, 0.05) is 20.0 Å². The number of aryl methyl sites for hydroxylation is 2. The van der Waals surface area contributed by atoms with Gasteiger partial charge in [-0.25, -0.2) is 0 Å². The maximum atomic E-state index is 11.4. The van der Waals surface area contributed by atoms with E-state index in [1.165, 1.54) is 5.56 Å². The first-order chi connectivity index (χ1) is 8.09. The van der Waals surface area contributed by atoms with E-state index >= 15 is 0 Å². The van der Waals surface area contributed by atoms with Gasteiger partial charge in [0.2, 0.25) is 5.91 Å². The lowest BCUT2D eigenvalue weighted by Gasteiger charge is -2.19. The van der Waals surface area contributed by atoms with Crippen molar-refractivity contribution in [2.75, 3.05) is 5.32 Å². The molecular formula is C13H27N3O. The summed E-state index contributed by atoms with van der Waals surface area (Å²) in [4.78, 5) is 11.4. The van der Waals surface area contributed by atoms with Crippen LogP contribution in [0.2, 0.25) is 0 Å². The Kier molecular flexibility index (Phi) is 6.54. The number of nitrogens with one attached hydrogen (secondary N) is 1. The number of anilines is 1. The highest BCUT2D eigenvalue weighted by Gasteiger charge is 2.26. The number of rotatable bonds is 0. The maximum Gasteiger partial charge on any atom is 0.228 e. The largest absolute Gasteiger partial charge is 0.310 e. The molecule has 1 aliphatic heterocycles. The van der Waals surface area contributed by atoms with Gasteiger partial charge in [0.25, 0.3) is 0 Å². The summed E-state index contributed by atoms with van der Waals surface area (Å²) in [6.07, 6.45) is 0.806. The molecule has 100 valence electrons. The lowest BCUT2D eigenvalue weighted by Crippen LogP contribution is -2.28. The Morgan fingerprint density at radius 2 is 1.88 bits per heavy atom. The molecule has 2 heterocycles. The van der Waals surface area contributed by atoms with Crippen LogP contribution >= 0.6 is 0 Å². The van der Waals surface area contributed by atoms with E-state index in [0.29, 0.717) is 0 Å². The van der Waals surface area contributed by atoms with Gasteiger partial charge in [-0.15, -0.1) is 0 Å². The minimum Gasteiger partial charge on any atom is -0.310 e. The second-order valence-corrected chi connectivity index (χ2v) is 3.63. The fourth-order valence-corrected chi connectivity index (χ4v) is 1.74. The highest BCUT2D eigenvalue weighted by Crippen LogP contribution is 2.27. The van der Waals surface area contributed by atoms with Crippen molar-refractivity contribution in [2.45, 2.75) is 48.0 Å². The third-order valence-electron chi connectivity index (χ3n) is 2.55. The van der Waals surface area contributed by atoms with E-state index in [4.69, 9.17) is 0 Å². The number of nitrogens with zero attached hydrogens (tertiary/aromatic N) is 2. The zero-order valence-electron chi connectivity index (χ0n) is 12.1. The highest BCUT2D eigenvalue weighted by atomic mass is 16.2. The van der Waals surface area contributed by atoms with Crippen LogP contribution in [0.25, 0.3) is 0 Å². The average molecular weight is 241 g/mol. The number of amides is 1. The Balaban J connectivity index is 0. The van der Waals surface area contributed by atoms with E-state index in [2.05, 4.69) is 10.4 Å². The highest BCUT2D eigenvalue weighted by molar-refractivity contribution is 5.94.